The minimum atomic E-state index is -0.0518. The van der Waals surface area contributed by atoms with Gasteiger partial charge >= 0.3 is 0 Å². The largest absolute Gasteiger partial charge is 0.487 e. The van der Waals surface area contributed by atoms with Gasteiger partial charge in [-0.15, -0.1) is 0 Å². The van der Waals surface area contributed by atoms with Gasteiger partial charge in [-0.2, -0.15) is 0 Å². The normalized spacial score (nSPS) is 17.2. The summed E-state index contributed by atoms with van der Waals surface area (Å²) in [6.45, 7) is 5.64. The molecule has 5 heteroatoms. The first kappa shape index (κ1) is 15.4. The number of carbonyl (C=O) groups is 1. The number of nitrogens with one attached hydrogen (secondary N) is 2. The first-order valence-corrected chi connectivity index (χ1v) is 7.24. The third-order valence-electron chi connectivity index (χ3n) is 3.23. The molecule has 2 rings (SSSR count). The summed E-state index contributed by atoms with van der Waals surface area (Å²) < 4.78 is 11.0. The number of hydrogen-bond donors (Lipinski definition) is 2. The predicted molar refractivity (Wildman–Crippen MR) is 82.6 cm³/mol. The second-order valence-corrected chi connectivity index (χ2v) is 4.89. The topological polar surface area (TPSA) is 59.6 Å². The number of benzene rings is 1. The molecule has 0 aliphatic carbocycles. The van der Waals surface area contributed by atoms with Gasteiger partial charge in [0.05, 0.1) is 18.3 Å². The van der Waals surface area contributed by atoms with Crippen LogP contribution >= 0.6 is 0 Å². The average molecular weight is 290 g/mol. The maximum Gasteiger partial charge on any atom is 0.239 e. The van der Waals surface area contributed by atoms with Crippen molar-refractivity contribution in [3.05, 3.63) is 36.9 Å². The van der Waals surface area contributed by atoms with E-state index in [1.165, 1.54) is 0 Å². The van der Waals surface area contributed by atoms with Crippen molar-refractivity contribution >= 4 is 11.6 Å². The molecule has 1 heterocycles. The highest BCUT2D eigenvalue weighted by atomic mass is 16.5. The van der Waals surface area contributed by atoms with Crippen LogP contribution in [-0.2, 0) is 9.53 Å². The van der Waals surface area contributed by atoms with Crippen molar-refractivity contribution < 1.29 is 14.3 Å². The van der Waals surface area contributed by atoms with Gasteiger partial charge in [0.2, 0.25) is 5.91 Å². The first-order chi connectivity index (χ1) is 10.3. The molecule has 5 nitrogen and oxygen atoms in total. The van der Waals surface area contributed by atoms with Crippen LogP contribution in [0, 0.1) is 0 Å². The summed E-state index contributed by atoms with van der Waals surface area (Å²) in [7, 11) is 0. The quantitative estimate of drug-likeness (QED) is 0.719. The van der Waals surface area contributed by atoms with Crippen molar-refractivity contribution in [2.75, 3.05) is 31.6 Å². The summed E-state index contributed by atoms with van der Waals surface area (Å²) in [5, 5.41) is 5.96. The van der Waals surface area contributed by atoms with E-state index in [0.717, 1.165) is 25.1 Å². The van der Waals surface area contributed by atoms with Gasteiger partial charge in [-0.25, -0.2) is 0 Å². The summed E-state index contributed by atoms with van der Waals surface area (Å²) >= 11 is 0. The van der Waals surface area contributed by atoms with E-state index < -0.39 is 0 Å². The monoisotopic (exact) mass is 290 g/mol. The minimum absolute atomic E-state index is 0.0518. The smallest absolute Gasteiger partial charge is 0.239 e. The molecular formula is C16H22N2O3. The molecule has 1 aliphatic heterocycles. The van der Waals surface area contributed by atoms with Crippen molar-refractivity contribution in [2.45, 2.75) is 18.9 Å². The minimum Gasteiger partial charge on any atom is -0.487 e. The summed E-state index contributed by atoms with van der Waals surface area (Å²) in [4.78, 5) is 11.8. The van der Waals surface area contributed by atoms with Crippen LogP contribution in [0.2, 0.25) is 0 Å². The lowest BCUT2D eigenvalue weighted by atomic mass is 10.2. The third kappa shape index (κ3) is 5.11. The molecule has 0 bridgehead atoms. The fraction of sp³-hybridized carbons (Fsp3) is 0.438. The highest BCUT2D eigenvalue weighted by molar-refractivity contribution is 5.81. The fourth-order valence-corrected chi connectivity index (χ4v) is 2.16. The van der Waals surface area contributed by atoms with Crippen molar-refractivity contribution in [3.63, 3.8) is 0 Å². The molecule has 0 saturated carbocycles. The second-order valence-electron chi connectivity index (χ2n) is 4.89. The molecule has 1 aliphatic rings. The number of carbonyl (C=O) groups excluding carboxylic acids is 1. The molecule has 1 unspecified atom stereocenters. The molecule has 0 spiro atoms. The van der Waals surface area contributed by atoms with Gasteiger partial charge in [0, 0.05) is 13.2 Å². The third-order valence-corrected chi connectivity index (χ3v) is 3.23. The number of anilines is 1. The molecule has 1 atom stereocenters. The van der Waals surface area contributed by atoms with Crippen LogP contribution in [0.5, 0.6) is 5.75 Å². The number of hydrogen-bond acceptors (Lipinski definition) is 4. The van der Waals surface area contributed by atoms with Gasteiger partial charge in [-0.05, 0) is 25.0 Å². The number of rotatable bonds is 8. The van der Waals surface area contributed by atoms with Crippen molar-refractivity contribution in [1.29, 1.82) is 0 Å². The first-order valence-electron chi connectivity index (χ1n) is 7.24. The van der Waals surface area contributed by atoms with Gasteiger partial charge in [0.25, 0.3) is 0 Å². The van der Waals surface area contributed by atoms with Gasteiger partial charge < -0.3 is 20.1 Å². The Balaban J connectivity index is 1.76. The van der Waals surface area contributed by atoms with Gasteiger partial charge in [0.15, 0.2) is 0 Å². The SMILES string of the molecule is C=CCOc1ccccc1NCC(=O)NCC1CCCO1. The summed E-state index contributed by atoms with van der Waals surface area (Å²) in [5.74, 6) is 0.661. The summed E-state index contributed by atoms with van der Waals surface area (Å²) in [6.07, 6.45) is 3.95. The van der Waals surface area contributed by atoms with E-state index in [2.05, 4.69) is 17.2 Å². The lowest BCUT2D eigenvalue weighted by Gasteiger charge is -2.13. The van der Waals surface area contributed by atoms with E-state index >= 15 is 0 Å². The van der Waals surface area contributed by atoms with E-state index in [4.69, 9.17) is 9.47 Å². The van der Waals surface area contributed by atoms with Crippen molar-refractivity contribution in [2.24, 2.45) is 0 Å². The molecule has 2 N–H and O–H groups in total. The van der Waals surface area contributed by atoms with Crippen LogP contribution in [-0.4, -0.2) is 38.3 Å². The molecule has 1 fully saturated rings. The highest BCUT2D eigenvalue weighted by Gasteiger charge is 2.16. The Labute approximate surface area is 125 Å². The predicted octanol–water partition coefficient (Wildman–Crippen LogP) is 1.96. The van der Waals surface area contributed by atoms with Crippen LogP contribution in [0.1, 0.15) is 12.8 Å². The Morgan fingerprint density at radius 1 is 1.48 bits per heavy atom. The van der Waals surface area contributed by atoms with E-state index in [-0.39, 0.29) is 18.6 Å². The van der Waals surface area contributed by atoms with Crippen LogP contribution in [0.25, 0.3) is 0 Å². The van der Waals surface area contributed by atoms with E-state index in [0.29, 0.717) is 18.9 Å². The summed E-state index contributed by atoms with van der Waals surface area (Å²) in [5.41, 5.74) is 0.798. The molecule has 0 radical (unpaired) electrons. The fourth-order valence-electron chi connectivity index (χ4n) is 2.16. The zero-order valence-corrected chi connectivity index (χ0v) is 12.1. The number of para-hydroxylation sites is 2. The maximum absolute atomic E-state index is 11.8. The Morgan fingerprint density at radius 3 is 3.10 bits per heavy atom. The van der Waals surface area contributed by atoms with Crippen LogP contribution < -0.4 is 15.4 Å². The lowest BCUT2D eigenvalue weighted by molar-refractivity contribution is -0.119. The van der Waals surface area contributed by atoms with Crippen LogP contribution in [0.3, 0.4) is 0 Å². The zero-order chi connectivity index (χ0) is 14.9. The van der Waals surface area contributed by atoms with E-state index in [9.17, 15) is 4.79 Å². The summed E-state index contributed by atoms with van der Waals surface area (Å²) in [6, 6.07) is 7.52. The van der Waals surface area contributed by atoms with Crippen LogP contribution in [0.4, 0.5) is 5.69 Å². The maximum atomic E-state index is 11.8. The Morgan fingerprint density at radius 2 is 2.33 bits per heavy atom. The zero-order valence-electron chi connectivity index (χ0n) is 12.1. The van der Waals surface area contributed by atoms with Gasteiger partial charge in [0.1, 0.15) is 12.4 Å². The average Bonchev–Trinajstić information content (AvgIpc) is 3.03. The molecule has 114 valence electrons. The van der Waals surface area contributed by atoms with Crippen molar-refractivity contribution in [3.8, 4) is 5.75 Å². The Bertz CT molecular complexity index is 470. The standard InChI is InChI=1S/C16H22N2O3/c1-2-9-21-15-8-4-3-7-14(15)17-12-16(19)18-11-13-6-5-10-20-13/h2-4,7-8,13,17H,1,5-6,9-12H2,(H,18,19). The molecule has 21 heavy (non-hydrogen) atoms. The number of ether oxygens (including phenoxy) is 2. The molecule has 1 aromatic carbocycles. The van der Waals surface area contributed by atoms with E-state index in [1.54, 1.807) is 6.08 Å². The van der Waals surface area contributed by atoms with Gasteiger partial charge in [-0.3, -0.25) is 4.79 Å². The number of amides is 1. The Kier molecular flexibility index (Phi) is 6.09. The lowest BCUT2D eigenvalue weighted by Crippen LogP contribution is -2.35. The van der Waals surface area contributed by atoms with Gasteiger partial charge in [-0.1, -0.05) is 24.8 Å². The molecule has 1 saturated heterocycles. The van der Waals surface area contributed by atoms with Crippen molar-refractivity contribution in [1.82, 2.24) is 5.32 Å². The van der Waals surface area contributed by atoms with E-state index in [1.807, 2.05) is 24.3 Å². The molecule has 1 amide bonds. The molecular weight excluding hydrogens is 268 g/mol. The Hall–Kier alpha value is -2.01. The highest BCUT2D eigenvalue weighted by Crippen LogP contribution is 2.23. The van der Waals surface area contributed by atoms with Crippen LogP contribution in [0.15, 0.2) is 36.9 Å². The second kappa shape index (κ2) is 8.32. The molecule has 1 aromatic rings. The molecule has 0 aromatic heterocycles.